The lowest BCUT2D eigenvalue weighted by molar-refractivity contribution is -0.139. The zero-order chi connectivity index (χ0) is 23.9. The highest BCUT2D eigenvalue weighted by Crippen LogP contribution is 2.27. The van der Waals surface area contributed by atoms with Gasteiger partial charge >= 0.3 is 0 Å². The summed E-state index contributed by atoms with van der Waals surface area (Å²) in [5, 5.41) is 3.05. The predicted octanol–water partition coefficient (Wildman–Crippen LogP) is 3.30. The van der Waals surface area contributed by atoms with Crippen LogP contribution in [-0.2, 0) is 26.2 Å². The van der Waals surface area contributed by atoms with Crippen LogP contribution in [0.25, 0.3) is 0 Å². The number of rotatable bonds is 10. The van der Waals surface area contributed by atoms with E-state index >= 15 is 0 Å². The SMILES string of the molecule is CC(C)CNC(=O)[C@@H](C)N(Cc1ccccc1)C(=O)CN(c1ccccc1Cl)S(C)(=O)=O. The molecule has 0 aliphatic carbocycles. The van der Waals surface area contributed by atoms with Gasteiger partial charge in [-0.15, -0.1) is 0 Å². The number of carbonyl (C=O) groups excluding carboxylic acids is 2. The first-order valence-corrected chi connectivity index (χ1v) is 12.6. The highest BCUT2D eigenvalue weighted by Gasteiger charge is 2.30. The van der Waals surface area contributed by atoms with Crippen LogP contribution in [0.5, 0.6) is 0 Å². The van der Waals surface area contributed by atoms with Crippen molar-refractivity contribution in [3.8, 4) is 0 Å². The van der Waals surface area contributed by atoms with Crippen LogP contribution < -0.4 is 9.62 Å². The number of benzene rings is 2. The molecule has 2 aromatic rings. The van der Waals surface area contributed by atoms with E-state index in [9.17, 15) is 18.0 Å². The van der Waals surface area contributed by atoms with Crippen molar-refractivity contribution in [1.29, 1.82) is 0 Å². The van der Waals surface area contributed by atoms with Gasteiger partial charge in [0.05, 0.1) is 17.0 Å². The fraction of sp³-hybridized carbons (Fsp3) is 0.391. The van der Waals surface area contributed by atoms with Crippen LogP contribution in [-0.4, -0.2) is 50.5 Å². The lowest BCUT2D eigenvalue weighted by Crippen LogP contribution is -2.51. The molecule has 0 aliphatic heterocycles. The first-order chi connectivity index (χ1) is 15.0. The van der Waals surface area contributed by atoms with Crippen LogP contribution in [0.15, 0.2) is 54.6 Å². The Morgan fingerprint density at radius 1 is 1.00 bits per heavy atom. The largest absolute Gasteiger partial charge is 0.354 e. The molecule has 0 saturated carbocycles. The van der Waals surface area contributed by atoms with Gasteiger partial charge < -0.3 is 10.2 Å². The molecule has 1 atom stereocenters. The fourth-order valence-corrected chi connectivity index (χ4v) is 4.21. The number of para-hydroxylation sites is 1. The minimum atomic E-state index is -3.81. The van der Waals surface area contributed by atoms with E-state index in [0.717, 1.165) is 16.1 Å². The molecule has 1 N–H and O–H groups in total. The maximum absolute atomic E-state index is 13.4. The lowest BCUT2D eigenvalue weighted by atomic mass is 10.1. The summed E-state index contributed by atoms with van der Waals surface area (Å²) in [6.45, 7) is 5.76. The number of sulfonamides is 1. The van der Waals surface area contributed by atoms with Gasteiger partial charge in [0, 0.05) is 13.1 Å². The molecule has 0 saturated heterocycles. The first-order valence-electron chi connectivity index (χ1n) is 10.3. The fourth-order valence-electron chi connectivity index (χ4n) is 3.06. The van der Waals surface area contributed by atoms with Gasteiger partial charge in [0.2, 0.25) is 21.8 Å². The summed E-state index contributed by atoms with van der Waals surface area (Å²) in [4.78, 5) is 27.5. The maximum Gasteiger partial charge on any atom is 0.244 e. The molecule has 9 heteroatoms. The minimum absolute atomic E-state index is 0.163. The van der Waals surface area contributed by atoms with Gasteiger partial charge in [0.15, 0.2) is 0 Å². The molecule has 0 aromatic heterocycles. The Labute approximate surface area is 195 Å². The smallest absolute Gasteiger partial charge is 0.244 e. The molecule has 2 amide bonds. The van der Waals surface area contributed by atoms with Crippen LogP contribution in [0.3, 0.4) is 0 Å². The number of halogens is 1. The Balaban J connectivity index is 2.35. The van der Waals surface area contributed by atoms with Crippen LogP contribution in [0.4, 0.5) is 5.69 Å². The number of anilines is 1. The van der Waals surface area contributed by atoms with Gasteiger partial charge in [-0.2, -0.15) is 0 Å². The molecule has 32 heavy (non-hydrogen) atoms. The van der Waals surface area contributed by atoms with Crippen LogP contribution in [0.2, 0.25) is 5.02 Å². The second kappa shape index (κ2) is 11.3. The number of nitrogens with one attached hydrogen (secondary N) is 1. The van der Waals surface area contributed by atoms with E-state index < -0.39 is 28.5 Å². The van der Waals surface area contributed by atoms with Crippen molar-refractivity contribution >= 4 is 39.1 Å². The zero-order valence-corrected chi connectivity index (χ0v) is 20.4. The third kappa shape index (κ3) is 7.24. The highest BCUT2D eigenvalue weighted by molar-refractivity contribution is 7.92. The first kappa shape index (κ1) is 25.7. The molecule has 7 nitrogen and oxygen atoms in total. The Morgan fingerprint density at radius 3 is 2.16 bits per heavy atom. The normalized spacial score (nSPS) is 12.3. The lowest BCUT2D eigenvalue weighted by Gasteiger charge is -2.31. The monoisotopic (exact) mass is 479 g/mol. The minimum Gasteiger partial charge on any atom is -0.354 e. The maximum atomic E-state index is 13.4. The summed E-state index contributed by atoms with van der Waals surface area (Å²) in [6.07, 6.45) is 1.02. The Hall–Kier alpha value is -2.58. The van der Waals surface area contributed by atoms with Crippen molar-refractivity contribution < 1.29 is 18.0 Å². The topological polar surface area (TPSA) is 86.8 Å². The summed E-state index contributed by atoms with van der Waals surface area (Å²) < 4.78 is 26.0. The molecule has 0 heterocycles. The number of hydrogen-bond donors (Lipinski definition) is 1. The second-order valence-corrected chi connectivity index (χ2v) is 10.4. The van der Waals surface area contributed by atoms with Gasteiger partial charge in [0.25, 0.3) is 0 Å². The van der Waals surface area contributed by atoms with Crippen molar-refractivity contribution in [3.63, 3.8) is 0 Å². The second-order valence-electron chi connectivity index (χ2n) is 8.04. The standard InChI is InChI=1S/C23H30ClN3O4S/c1-17(2)14-25-23(29)18(3)26(15-19-10-6-5-7-11-19)22(28)16-27(32(4,30)31)21-13-9-8-12-20(21)24/h5-13,17-18H,14-16H2,1-4H3,(H,25,29)/t18-/m1/s1. The van der Waals surface area contributed by atoms with E-state index in [1.54, 1.807) is 25.1 Å². The van der Waals surface area contributed by atoms with Gasteiger partial charge in [0.1, 0.15) is 12.6 Å². The van der Waals surface area contributed by atoms with Crippen molar-refractivity contribution in [1.82, 2.24) is 10.2 Å². The van der Waals surface area contributed by atoms with Crippen molar-refractivity contribution in [2.24, 2.45) is 5.92 Å². The van der Waals surface area contributed by atoms with Gasteiger partial charge in [-0.05, 0) is 30.5 Å². The van der Waals surface area contributed by atoms with Crippen molar-refractivity contribution in [3.05, 3.63) is 65.2 Å². The summed E-state index contributed by atoms with van der Waals surface area (Å²) in [7, 11) is -3.81. The summed E-state index contributed by atoms with van der Waals surface area (Å²) >= 11 is 6.21. The van der Waals surface area contributed by atoms with Gasteiger partial charge in [-0.3, -0.25) is 13.9 Å². The van der Waals surface area contributed by atoms with Crippen molar-refractivity contribution in [2.75, 3.05) is 23.7 Å². The average Bonchev–Trinajstić information content (AvgIpc) is 2.74. The Morgan fingerprint density at radius 2 is 1.59 bits per heavy atom. The molecule has 0 bridgehead atoms. The summed E-state index contributed by atoms with van der Waals surface area (Å²) in [5.41, 5.74) is 1.04. The molecule has 0 aliphatic rings. The van der Waals surface area contributed by atoms with Gasteiger partial charge in [-0.1, -0.05) is 67.9 Å². The summed E-state index contributed by atoms with van der Waals surface area (Å²) in [6, 6.07) is 14.9. The predicted molar refractivity (Wildman–Crippen MR) is 128 cm³/mol. The molecule has 2 aromatic carbocycles. The Kier molecular flexibility index (Phi) is 9.09. The molecular formula is C23H30ClN3O4S. The Bertz CT molecular complexity index is 1030. The highest BCUT2D eigenvalue weighted by atomic mass is 35.5. The van der Waals surface area contributed by atoms with E-state index in [2.05, 4.69) is 5.32 Å². The third-order valence-corrected chi connectivity index (χ3v) is 6.29. The molecule has 0 spiro atoms. The van der Waals surface area contributed by atoms with E-state index in [1.807, 2.05) is 44.2 Å². The van der Waals surface area contributed by atoms with Gasteiger partial charge in [-0.25, -0.2) is 8.42 Å². The zero-order valence-electron chi connectivity index (χ0n) is 18.8. The summed E-state index contributed by atoms with van der Waals surface area (Å²) in [5.74, 6) is -0.552. The van der Waals surface area contributed by atoms with E-state index in [1.165, 1.54) is 11.0 Å². The average molecular weight is 480 g/mol. The number of carbonyl (C=O) groups is 2. The van der Waals surface area contributed by atoms with Crippen molar-refractivity contribution in [2.45, 2.75) is 33.4 Å². The van der Waals surface area contributed by atoms with Crippen LogP contribution >= 0.6 is 11.6 Å². The molecule has 0 unspecified atom stereocenters. The van der Waals surface area contributed by atoms with E-state index in [0.29, 0.717) is 6.54 Å². The molecular weight excluding hydrogens is 450 g/mol. The number of nitrogens with zero attached hydrogens (tertiary/aromatic N) is 2. The number of amides is 2. The molecule has 0 radical (unpaired) electrons. The van der Waals surface area contributed by atoms with Crippen LogP contribution in [0.1, 0.15) is 26.3 Å². The van der Waals surface area contributed by atoms with Crippen LogP contribution in [0, 0.1) is 5.92 Å². The number of hydrogen-bond acceptors (Lipinski definition) is 4. The van der Waals surface area contributed by atoms with E-state index in [4.69, 9.17) is 11.6 Å². The third-order valence-electron chi connectivity index (χ3n) is 4.85. The molecule has 2 rings (SSSR count). The quantitative estimate of drug-likeness (QED) is 0.566. The van der Waals surface area contributed by atoms with E-state index in [-0.39, 0.29) is 29.1 Å². The molecule has 0 fully saturated rings. The molecule has 174 valence electrons.